The molecule has 0 spiro atoms. The molecule has 0 aromatic carbocycles. The SMILES string of the molecule is O=C(O)COC[C@H]1O[C@@H](O[C@H]2[C@H](O)[C@@H](O)[C@@H](O)O[C@@H]2COCC(=O)O)[C@H](O)[C@@H](O)[C@H]1O.[Na+]. The van der Waals surface area contributed by atoms with Gasteiger partial charge in [-0.2, -0.15) is 0 Å². The van der Waals surface area contributed by atoms with Crippen molar-refractivity contribution in [3.05, 3.63) is 0 Å². The molecule has 0 amide bonds. The predicted molar refractivity (Wildman–Crippen MR) is 91.4 cm³/mol. The number of aliphatic hydroxyl groups excluding tert-OH is 6. The van der Waals surface area contributed by atoms with Crippen LogP contribution >= 0.6 is 0 Å². The summed E-state index contributed by atoms with van der Waals surface area (Å²) in [7, 11) is 0. The summed E-state index contributed by atoms with van der Waals surface area (Å²) in [5.41, 5.74) is 0. The summed E-state index contributed by atoms with van der Waals surface area (Å²) in [6.45, 7) is -2.46. The number of carboxylic acid groups (broad SMARTS) is 2. The van der Waals surface area contributed by atoms with Gasteiger partial charge in [0, 0.05) is 0 Å². The maximum absolute atomic E-state index is 10.6. The number of ether oxygens (including phenoxy) is 5. The Morgan fingerprint density at radius 3 is 1.75 bits per heavy atom. The molecule has 0 saturated carbocycles. The zero-order valence-electron chi connectivity index (χ0n) is 17.0. The Labute approximate surface area is 203 Å². The molecule has 0 aromatic heterocycles. The van der Waals surface area contributed by atoms with Gasteiger partial charge in [-0.3, -0.25) is 0 Å². The van der Waals surface area contributed by atoms with E-state index in [1.54, 1.807) is 0 Å². The molecule has 2 fully saturated rings. The van der Waals surface area contributed by atoms with Crippen LogP contribution in [0.4, 0.5) is 0 Å². The van der Waals surface area contributed by atoms with E-state index in [0.717, 1.165) is 0 Å². The van der Waals surface area contributed by atoms with Gasteiger partial charge in [-0.15, -0.1) is 0 Å². The molecule has 2 rings (SSSR count). The Morgan fingerprint density at radius 1 is 0.688 bits per heavy atom. The van der Waals surface area contributed by atoms with Crippen LogP contribution in [0.3, 0.4) is 0 Å². The van der Waals surface area contributed by atoms with Crippen LogP contribution in [-0.4, -0.2) is 141 Å². The first kappa shape index (κ1) is 29.5. The molecule has 32 heavy (non-hydrogen) atoms. The molecule has 2 aliphatic rings. The van der Waals surface area contributed by atoms with Crippen molar-refractivity contribution in [3.63, 3.8) is 0 Å². The van der Waals surface area contributed by atoms with Crippen molar-refractivity contribution in [1.82, 2.24) is 0 Å². The third kappa shape index (κ3) is 7.78. The van der Waals surface area contributed by atoms with Gasteiger partial charge in [-0.1, -0.05) is 0 Å². The largest absolute Gasteiger partial charge is 1.00 e. The molecule has 180 valence electrons. The normalized spacial score (nSPS) is 39.8. The van der Waals surface area contributed by atoms with E-state index in [9.17, 15) is 40.2 Å². The minimum Gasteiger partial charge on any atom is -0.480 e. The van der Waals surface area contributed by atoms with Crippen molar-refractivity contribution in [2.75, 3.05) is 26.4 Å². The number of aliphatic hydroxyl groups is 6. The third-order valence-corrected chi connectivity index (χ3v) is 4.63. The van der Waals surface area contributed by atoms with Gasteiger partial charge in [-0.05, 0) is 0 Å². The summed E-state index contributed by atoms with van der Waals surface area (Å²) in [6, 6.07) is 0. The van der Waals surface area contributed by atoms with E-state index in [2.05, 4.69) is 0 Å². The van der Waals surface area contributed by atoms with E-state index >= 15 is 0 Å². The van der Waals surface area contributed by atoms with Crippen molar-refractivity contribution in [2.45, 2.75) is 61.4 Å². The zero-order chi connectivity index (χ0) is 23.3. The van der Waals surface area contributed by atoms with E-state index < -0.39 is 99.8 Å². The molecule has 2 saturated heterocycles. The van der Waals surface area contributed by atoms with Gasteiger partial charge in [0.25, 0.3) is 0 Å². The first-order valence-electron chi connectivity index (χ1n) is 9.16. The zero-order valence-corrected chi connectivity index (χ0v) is 19.0. The Morgan fingerprint density at radius 2 is 1.22 bits per heavy atom. The van der Waals surface area contributed by atoms with Crippen LogP contribution in [0.25, 0.3) is 0 Å². The fourth-order valence-corrected chi connectivity index (χ4v) is 3.07. The van der Waals surface area contributed by atoms with Gasteiger partial charge in [0.05, 0.1) is 13.2 Å². The third-order valence-electron chi connectivity index (χ3n) is 4.63. The number of aliphatic carboxylic acids is 2. The second-order valence-electron chi connectivity index (χ2n) is 6.98. The van der Waals surface area contributed by atoms with Crippen LogP contribution in [-0.2, 0) is 33.3 Å². The van der Waals surface area contributed by atoms with Crippen molar-refractivity contribution < 1.29 is 104 Å². The van der Waals surface area contributed by atoms with Crippen LogP contribution in [0.15, 0.2) is 0 Å². The molecule has 0 aliphatic carbocycles. The van der Waals surface area contributed by atoms with E-state index in [1.807, 2.05) is 0 Å². The smallest absolute Gasteiger partial charge is 0.480 e. The molecule has 2 heterocycles. The average Bonchev–Trinajstić information content (AvgIpc) is 2.69. The Kier molecular flexibility index (Phi) is 12.4. The summed E-state index contributed by atoms with van der Waals surface area (Å²) in [5.74, 6) is -2.60. The fraction of sp³-hybridized carbons (Fsp3) is 0.875. The first-order valence-corrected chi connectivity index (χ1v) is 9.16. The maximum Gasteiger partial charge on any atom is 1.00 e. The Bertz CT molecular complexity index is 608. The van der Waals surface area contributed by atoms with Gasteiger partial charge < -0.3 is 64.5 Å². The minimum atomic E-state index is -1.85. The Balaban J connectivity index is 0.00000512. The molecule has 16 heteroatoms. The average molecular weight is 481 g/mol. The van der Waals surface area contributed by atoms with Crippen LogP contribution < -0.4 is 29.6 Å². The van der Waals surface area contributed by atoms with Crippen LogP contribution in [0.1, 0.15) is 0 Å². The molecular formula is C16H26NaO15+. The van der Waals surface area contributed by atoms with Gasteiger partial charge in [0.2, 0.25) is 0 Å². The van der Waals surface area contributed by atoms with Crippen molar-refractivity contribution in [3.8, 4) is 0 Å². The summed E-state index contributed by atoms with van der Waals surface area (Å²) in [4.78, 5) is 21.2. The number of carboxylic acids is 2. The monoisotopic (exact) mass is 481 g/mol. The van der Waals surface area contributed by atoms with Crippen LogP contribution in [0, 0.1) is 0 Å². The molecule has 2 aliphatic heterocycles. The summed E-state index contributed by atoms with van der Waals surface area (Å²) >= 11 is 0. The van der Waals surface area contributed by atoms with Crippen molar-refractivity contribution in [1.29, 1.82) is 0 Å². The molecule has 10 atom stereocenters. The number of hydrogen-bond donors (Lipinski definition) is 8. The van der Waals surface area contributed by atoms with E-state index in [0.29, 0.717) is 0 Å². The van der Waals surface area contributed by atoms with Gasteiger partial charge in [-0.25, -0.2) is 9.59 Å². The predicted octanol–water partition coefficient (Wildman–Crippen LogP) is -8.18. The van der Waals surface area contributed by atoms with E-state index in [-0.39, 0.29) is 29.6 Å². The van der Waals surface area contributed by atoms with Gasteiger partial charge in [0.1, 0.15) is 62.0 Å². The number of carbonyl (C=O) groups is 2. The standard InChI is InChI=1S/C16H26O15.Na/c17-7(18)3-27-1-5-9(21)10(22)13(25)16(30-5)31-14-6(2-28-4-8(19)20)29-15(26)12(24)11(14)23;/h5-6,9-16,21-26H,1-4H2,(H,17,18)(H,19,20);/q;+1/t5-,6-,9+,10+,11-,12-,13-,14-,15+,16+;/m1./s1. The molecule has 0 aromatic rings. The van der Waals surface area contributed by atoms with Gasteiger partial charge in [0.15, 0.2) is 12.6 Å². The summed E-state index contributed by atoms with van der Waals surface area (Å²) in [5, 5.41) is 77.3. The van der Waals surface area contributed by atoms with E-state index in [4.69, 9.17) is 33.9 Å². The van der Waals surface area contributed by atoms with Gasteiger partial charge >= 0.3 is 41.5 Å². The van der Waals surface area contributed by atoms with Crippen molar-refractivity contribution >= 4 is 11.9 Å². The maximum atomic E-state index is 10.6. The van der Waals surface area contributed by atoms with E-state index in [1.165, 1.54) is 0 Å². The number of rotatable bonds is 10. The topological polar surface area (TPSA) is 242 Å². The Hall–Kier alpha value is -0.500. The minimum absolute atomic E-state index is 0. The molecule has 0 radical (unpaired) electrons. The molecule has 15 nitrogen and oxygen atoms in total. The fourth-order valence-electron chi connectivity index (χ4n) is 3.07. The quantitative estimate of drug-likeness (QED) is 0.135. The van der Waals surface area contributed by atoms with Crippen LogP contribution in [0.2, 0.25) is 0 Å². The second-order valence-corrected chi connectivity index (χ2v) is 6.98. The first-order chi connectivity index (χ1) is 14.5. The molecule has 0 bridgehead atoms. The summed E-state index contributed by atoms with van der Waals surface area (Å²) < 4.78 is 25.5. The molecular weight excluding hydrogens is 455 g/mol. The molecule has 8 N–H and O–H groups in total. The number of hydrogen-bond acceptors (Lipinski definition) is 13. The summed E-state index contributed by atoms with van der Waals surface area (Å²) in [6.07, 6.45) is -16.7. The second kappa shape index (κ2) is 13.4. The van der Waals surface area contributed by atoms with Crippen LogP contribution in [0.5, 0.6) is 0 Å². The van der Waals surface area contributed by atoms with Crippen molar-refractivity contribution in [2.24, 2.45) is 0 Å². The molecule has 0 unspecified atom stereocenters.